The van der Waals surface area contributed by atoms with Crippen LogP contribution in [-0.4, -0.2) is 58.5 Å². The summed E-state index contributed by atoms with van der Waals surface area (Å²) in [5.41, 5.74) is 1.54. The Morgan fingerprint density at radius 3 is 2.58 bits per heavy atom. The minimum Gasteiger partial charge on any atom is -0.490 e. The first-order valence-electron chi connectivity index (χ1n) is 11.8. The third-order valence-electron chi connectivity index (χ3n) is 5.99. The molecule has 0 bridgehead atoms. The van der Waals surface area contributed by atoms with Crippen molar-refractivity contribution in [2.75, 3.05) is 13.1 Å². The number of nitrogens with zero attached hydrogens (tertiary/aromatic N) is 4. The summed E-state index contributed by atoms with van der Waals surface area (Å²) in [5, 5.41) is 14.2. The number of esters is 1. The van der Waals surface area contributed by atoms with Crippen LogP contribution in [0.2, 0.25) is 5.02 Å². The van der Waals surface area contributed by atoms with Gasteiger partial charge in [0.1, 0.15) is 21.8 Å². The number of tetrazole rings is 1. The van der Waals surface area contributed by atoms with Crippen molar-refractivity contribution in [2.24, 2.45) is 0 Å². The molecular formula is C25H24ClN5O5S2. The van der Waals surface area contributed by atoms with Crippen LogP contribution in [0.25, 0.3) is 21.1 Å². The van der Waals surface area contributed by atoms with Crippen LogP contribution in [0.3, 0.4) is 0 Å². The van der Waals surface area contributed by atoms with Crippen LogP contribution >= 0.6 is 22.9 Å². The summed E-state index contributed by atoms with van der Waals surface area (Å²) in [5.74, 6) is 0.545. The number of carbonyl (C=O) groups is 1. The molecule has 1 fully saturated rings. The van der Waals surface area contributed by atoms with Crippen molar-refractivity contribution in [3.8, 4) is 32.6 Å². The van der Waals surface area contributed by atoms with Crippen molar-refractivity contribution in [3.05, 3.63) is 65.2 Å². The first-order chi connectivity index (χ1) is 18.3. The first-order valence-corrected chi connectivity index (χ1v) is 14.6. The first kappa shape index (κ1) is 26.3. The van der Waals surface area contributed by atoms with Crippen molar-refractivity contribution < 1.29 is 22.7 Å². The molecule has 1 saturated heterocycles. The van der Waals surface area contributed by atoms with Gasteiger partial charge in [-0.15, -0.1) is 21.5 Å². The molecule has 0 saturated carbocycles. The lowest BCUT2D eigenvalue weighted by molar-refractivity contribution is -0.131. The number of halogens is 1. The molecule has 38 heavy (non-hydrogen) atoms. The highest BCUT2D eigenvalue weighted by Gasteiger charge is 2.29. The maximum atomic E-state index is 12.9. The molecule has 4 aromatic rings. The van der Waals surface area contributed by atoms with Crippen LogP contribution in [0, 0.1) is 0 Å². The number of hydrogen-bond acceptors (Lipinski definition) is 9. The minimum absolute atomic E-state index is 0.00976. The van der Waals surface area contributed by atoms with Gasteiger partial charge in [-0.1, -0.05) is 54.1 Å². The number of piperidine rings is 1. The number of nitrogens with one attached hydrogen (secondary N) is 1. The molecule has 1 aliphatic rings. The van der Waals surface area contributed by atoms with Gasteiger partial charge in [0.05, 0.1) is 10.6 Å². The molecule has 0 aliphatic carbocycles. The number of benzene rings is 2. The maximum absolute atomic E-state index is 12.9. The molecule has 1 aliphatic heterocycles. The highest BCUT2D eigenvalue weighted by Crippen LogP contribution is 2.49. The Bertz CT molecular complexity index is 1520. The van der Waals surface area contributed by atoms with Crippen molar-refractivity contribution >= 4 is 38.9 Å². The molecule has 2 aromatic carbocycles. The number of H-pyrrole nitrogens is 1. The second-order valence-corrected chi connectivity index (χ2v) is 12.1. The third kappa shape index (κ3) is 5.88. The van der Waals surface area contributed by atoms with Gasteiger partial charge in [0.15, 0.2) is 5.75 Å². The summed E-state index contributed by atoms with van der Waals surface area (Å²) in [7, 11) is -3.40. The predicted molar refractivity (Wildman–Crippen MR) is 144 cm³/mol. The fraction of sp³-hybridized carbons (Fsp3) is 0.280. The summed E-state index contributed by atoms with van der Waals surface area (Å²) >= 11 is 7.90. The average Bonchev–Trinajstić information content (AvgIpc) is 3.53. The predicted octanol–water partition coefficient (Wildman–Crippen LogP) is 4.55. The van der Waals surface area contributed by atoms with E-state index in [1.54, 1.807) is 0 Å². The second-order valence-electron chi connectivity index (χ2n) is 8.72. The van der Waals surface area contributed by atoms with Crippen molar-refractivity contribution in [1.29, 1.82) is 0 Å². The Morgan fingerprint density at radius 2 is 1.89 bits per heavy atom. The van der Waals surface area contributed by atoms with Gasteiger partial charge in [0.2, 0.25) is 15.8 Å². The molecule has 3 heterocycles. The summed E-state index contributed by atoms with van der Waals surface area (Å²) in [4.78, 5) is 12.8. The lowest BCUT2D eigenvalue weighted by atomic mass is 10.1. The molecule has 1 N–H and O–H groups in total. The summed E-state index contributed by atoms with van der Waals surface area (Å²) in [6.07, 6.45) is 1.03. The van der Waals surface area contributed by atoms with E-state index in [9.17, 15) is 13.2 Å². The number of ether oxygens (including phenoxy) is 2. The number of carbonyl (C=O) groups excluding carboxylic acids is 1. The zero-order chi connectivity index (χ0) is 26.7. The topological polar surface area (TPSA) is 127 Å². The fourth-order valence-electron chi connectivity index (χ4n) is 4.23. The molecule has 13 heteroatoms. The van der Waals surface area contributed by atoms with Crippen LogP contribution in [-0.2, 0) is 20.6 Å². The molecule has 10 nitrogen and oxygen atoms in total. The number of aromatic nitrogens is 4. The van der Waals surface area contributed by atoms with Crippen LogP contribution in [0.1, 0.15) is 25.3 Å². The Morgan fingerprint density at radius 1 is 1.13 bits per heavy atom. The van der Waals surface area contributed by atoms with Crippen molar-refractivity contribution in [2.45, 2.75) is 31.6 Å². The van der Waals surface area contributed by atoms with Crippen molar-refractivity contribution in [3.63, 3.8) is 0 Å². The monoisotopic (exact) mass is 573 g/mol. The van der Waals surface area contributed by atoms with Gasteiger partial charge in [0.25, 0.3) is 0 Å². The number of sulfonamides is 1. The van der Waals surface area contributed by atoms with E-state index >= 15 is 0 Å². The zero-order valence-corrected chi connectivity index (χ0v) is 22.7. The van der Waals surface area contributed by atoms with Gasteiger partial charge in [-0.25, -0.2) is 12.7 Å². The van der Waals surface area contributed by atoms with Gasteiger partial charge < -0.3 is 9.47 Å². The van der Waals surface area contributed by atoms with E-state index in [1.807, 2.05) is 54.6 Å². The van der Waals surface area contributed by atoms with E-state index in [2.05, 4.69) is 20.6 Å². The molecule has 198 valence electrons. The number of aromatic amines is 1. The SMILES string of the molecule is CC(=O)Oc1c(-c2nn[nH]n2)sc(-c2cccc(OC3CCN(S(=O)(=O)Cc4ccccc4)CC3)c2)c1Cl. The number of hydrogen-bond donors (Lipinski definition) is 1. The van der Waals surface area contributed by atoms with Crippen molar-refractivity contribution in [1.82, 2.24) is 24.9 Å². The lowest BCUT2D eigenvalue weighted by Gasteiger charge is -2.31. The lowest BCUT2D eigenvalue weighted by Crippen LogP contribution is -2.42. The van der Waals surface area contributed by atoms with Crippen LogP contribution in [0.4, 0.5) is 0 Å². The normalized spacial score (nSPS) is 14.9. The van der Waals surface area contributed by atoms with Gasteiger partial charge >= 0.3 is 5.97 Å². The molecule has 5 rings (SSSR count). The molecule has 0 atom stereocenters. The quantitative estimate of drug-likeness (QED) is 0.304. The van der Waals surface area contributed by atoms with E-state index in [1.165, 1.54) is 22.6 Å². The fourth-order valence-corrected chi connectivity index (χ4v) is 7.25. The highest BCUT2D eigenvalue weighted by molar-refractivity contribution is 7.88. The Labute approximate surface area is 228 Å². The molecular weight excluding hydrogens is 550 g/mol. The smallest absolute Gasteiger partial charge is 0.308 e. The van der Waals surface area contributed by atoms with Crippen LogP contribution in [0.15, 0.2) is 54.6 Å². The molecule has 0 amide bonds. The van der Waals surface area contributed by atoms with Gasteiger partial charge in [0, 0.05) is 20.0 Å². The van der Waals surface area contributed by atoms with Gasteiger partial charge in [-0.3, -0.25) is 4.79 Å². The van der Waals surface area contributed by atoms with E-state index < -0.39 is 16.0 Å². The van der Waals surface area contributed by atoms with Crippen LogP contribution < -0.4 is 9.47 Å². The van der Waals surface area contributed by atoms with E-state index in [4.69, 9.17) is 21.1 Å². The molecule has 0 unspecified atom stereocenters. The third-order valence-corrected chi connectivity index (χ3v) is 9.53. The second kappa shape index (κ2) is 11.2. The minimum atomic E-state index is -3.40. The molecule has 0 radical (unpaired) electrons. The Balaban J connectivity index is 1.28. The van der Waals surface area contributed by atoms with E-state index in [0.29, 0.717) is 41.4 Å². The maximum Gasteiger partial charge on any atom is 0.308 e. The summed E-state index contributed by atoms with van der Waals surface area (Å²) < 4.78 is 38.9. The van der Waals surface area contributed by atoms with E-state index in [-0.39, 0.29) is 28.5 Å². The van der Waals surface area contributed by atoms with Gasteiger partial charge in [-0.2, -0.15) is 5.21 Å². The largest absolute Gasteiger partial charge is 0.490 e. The summed E-state index contributed by atoms with van der Waals surface area (Å²) in [6.45, 7) is 2.09. The standard InChI is InChI=1S/C25H24ClN5O5S2/c1-16(32)35-22-21(26)23(37-24(22)25-27-29-30-28-25)18-8-5-9-20(14-18)36-19-10-12-31(13-11-19)38(33,34)15-17-6-3-2-4-7-17/h2-9,14,19H,10-13,15H2,1H3,(H,27,28,29,30). The zero-order valence-electron chi connectivity index (χ0n) is 20.3. The molecule has 2 aromatic heterocycles. The highest BCUT2D eigenvalue weighted by atomic mass is 35.5. The Kier molecular flexibility index (Phi) is 7.75. The Hall–Kier alpha value is -3.32. The molecule has 0 spiro atoms. The van der Waals surface area contributed by atoms with Crippen LogP contribution in [0.5, 0.6) is 11.5 Å². The van der Waals surface area contributed by atoms with Gasteiger partial charge in [-0.05, 0) is 41.3 Å². The average molecular weight is 574 g/mol. The number of rotatable bonds is 8. The summed E-state index contributed by atoms with van der Waals surface area (Å²) in [6, 6.07) is 16.6. The number of thiophene rings is 1. The van der Waals surface area contributed by atoms with E-state index in [0.717, 1.165) is 11.1 Å².